The highest BCUT2D eigenvalue weighted by molar-refractivity contribution is 5.80. The van der Waals surface area contributed by atoms with E-state index in [9.17, 15) is 4.79 Å². The Bertz CT molecular complexity index is 1010. The Labute approximate surface area is 179 Å². The minimum absolute atomic E-state index is 0.0616. The van der Waals surface area contributed by atoms with Gasteiger partial charge >= 0.3 is 0 Å². The number of hydrogen-bond donors (Lipinski definition) is 0. The lowest BCUT2D eigenvalue weighted by molar-refractivity contribution is -0.133. The summed E-state index contributed by atoms with van der Waals surface area (Å²) in [5, 5.41) is 0. The molecule has 1 aliphatic rings. The van der Waals surface area contributed by atoms with Crippen LogP contribution in [0.15, 0.2) is 66.9 Å². The van der Waals surface area contributed by atoms with E-state index in [2.05, 4.69) is 67.9 Å². The smallest absolute Gasteiger partial charge is 0.227 e. The minimum atomic E-state index is -0.0616. The monoisotopic (exact) mass is 402 g/mol. The van der Waals surface area contributed by atoms with Crippen LogP contribution in [0.2, 0.25) is 0 Å². The molecule has 2 heterocycles. The number of ether oxygens (including phenoxy) is 1. The second-order valence-electron chi connectivity index (χ2n) is 9.01. The first kappa shape index (κ1) is 20.3. The molecule has 0 radical (unpaired) electrons. The summed E-state index contributed by atoms with van der Waals surface area (Å²) in [5.74, 6) is 0.955. The van der Waals surface area contributed by atoms with Crippen LogP contribution in [0.25, 0.3) is 0 Å². The van der Waals surface area contributed by atoms with Crippen molar-refractivity contribution in [2.24, 2.45) is 0 Å². The van der Waals surface area contributed by atoms with Crippen molar-refractivity contribution in [1.29, 1.82) is 0 Å². The van der Waals surface area contributed by atoms with E-state index < -0.39 is 0 Å². The van der Waals surface area contributed by atoms with Crippen LogP contribution in [0.3, 0.4) is 0 Å². The predicted molar refractivity (Wildman–Crippen MR) is 120 cm³/mol. The summed E-state index contributed by atoms with van der Waals surface area (Å²) in [6.45, 7) is 8.20. The Morgan fingerprint density at radius 1 is 1.00 bits per heavy atom. The van der Waals surface area contributed by atoms with Crippen LogP contribution >= 0.6 is 0 Å². The molecule has 0 saturated carbocycles. The lowest BCUT2D eigenvalue weighted by Crippen LogP contribution is -2.43. The molecule has 2 aromatic carbocycles. The molecule has 0 fully saturated rings. The standard InChI is InChI=1S/C26H30N2O2/c1-26(2,3)21-11-9-20(10-12-21)25-23-6-5-15-27(23)16-17-28(25)24(29)18-19-7-13-22(30-4)14-8-19/h5-15,25H,16-18H2,1-4H3. The Hall–Kier alpha value is -3.01. The van der Waals surface area contributed by atoms with E-state index in [4.69, 9.17) is 4.74 Å². The fourth-order valence-corrected chi connectivity index (χ4v) is 4.19. The van der Waals surface area contributed by atoms with E-state index in [1.807, 2.05) is 29.2 Å². The molecule has 0 saturated heterocycles. The van der Waals surface area contributed by atoms with E-state index in [0.29, 0.717) is 13.0 Å². The highest BCUT2D eigenvalue weighted by atomic mass is 16.5. The summed E-state index contributed by atoms with van der Waals surface area (Å²) < 4.78 is 7.49. The van der Waals surface area contributed by atoms with Gasteiger partial charge in [-0.25, -0.2) is 0 Å². The SMILES string of the molecule is COc1ccc(CC(=O)N2CCn3cccc3C2c2ccc(C(C)(C)C)cc2)cc1. The summed E-state index contributed by atoms with van der Waals surface area (Å²) >= 11 is 0. The lowest BCUT2D eigenvalue weighted by atomic mass is 9.86. The van der Waals surface area contributed by atoms with Gasteiger partial charge in [-0.3, -0.25) is 4.79 Å². The molecule has 3 aromatic rings. The molecule has 4 heteroatoms. The van der Waals surface area contributed by atoms with Crippen molar-refractivity contribution in [2.45, 2.75) is 45.2 Å². The van der Waals surface area contributed by atoms with Gasteiger partial charge in [0.15, 0.2) is 0 Å². The molecule has 1 aliphatic heterocycles. The van der Waals surface area contributed by atoms with Crippen LogP contribution in [0.1, 0.15) is 49.2 Å². The molecule has 1 atom stereocenters. The van der Waals surface area contributed by atoms with Gasteiger partial charge in [0.1, 0.15) is 5.75 Å². The summed E-state index contributed by atoms with van der Waals surface area (Å²) in [6, 6.07) is 20.7. The third kappa shape index (κ3) is 4.00. The average molecular weight is 403 g/mol. The summed E-state index contributed by atoms with van der Waals surface area (Å²) in [5.41, 5.74) is 4.74. The first-order valence-corrected chi connectivity index (χ1v) is 10.5. The number of rotatable bonds is 4. The van der Waals surface area contributed by atoms with Gasteiger partial charge in [-0.1, -0.05) is 57.2 Å². The van der Waals surface area contributed by atoms with Crippen LogP contribution in [0.5, 0.6) is 5.75 Å². The van der Waals surface area contributed by atoms with Gasteiger partial charge in [0.25, 0.3) is 0 Å². The molecule has 1 aromatic heterocycles. The zero-order chi connectivity index (χ0) is 21.3. The number of carbonyl (C=O) groups is 1. The molecule has 30 heavy (non-hydrogen) atoms. The topological polar surface area (TPSA) is 34.5 Å². The van der Waals surface area contributed by atoms with Crippen molar-refractivity contribution in [2.75, 3.05) is 13.7 Å². The normalized spacial score (nSPS) is 16.3. The van der Waals surface area contributed by atoms with E-state index in [0.717, 1.165) is 23.4 Å². The van der Waals surface area contributed by atoms with Gasteiger partial charge < -0.3 is 14.2 Å². The number of nitrogens with zero attached hydrogens (tertiary/aromatic N) is 2. The van der Waals surface area contributed by atoms with Crippen LogP contribution < -0.4 is 4.74 Å². The fourth-order valence-electron chi connectivity index (χ4n) is 4.19. The number of aromatic nitrogens is 1. The number of benzene rings is 2. The first-order chi connectivity index (χ1) is 14.4. The second-order valence-corrected chi connectivity index (χ2v) is 9.01. The maximum absolute atomic E-state index is 13.3. The molecule has 1 unspecified atom stereocenters. The van der Waals surface area contributed by atoms with Gasteiger partial charge in [-0.05, 0) is 46.4 Å². The van der Waals surface area contributed by atoms with Crippen LogP contribution in [0.4, 0.5) is 0 Å². The maximum Gasteiger partial charge on any atom is 0.227 e. The van der Waals surface area contributed by atoms with Gasteiger partial charge in [0.2, 0.25) is 5.91 Å². The van der Waals surface area contributed by atoms with Crippen molar-refractivity contribution in [3.05, 3.63) is 89.2 Å². The largest absolute Gasteiger partial charge is 0.497 e. The number of methoxy groups -OCH3 is 1. The van der Waals surface area contributed by atoms with Crippen LogP contribution in [-0.4, -0.2) is 29.0 Å². The molecular weight excluding hydrogens is 372 g/mol. The van der Waals surface area contributed by atoms with Crippen molar-refractivity contribution in [3.8, 4) is 5.75 Å². The Kier molecular flexibility index (Phi) is 5.42. The third-order valence-corrected chi connectivity index (χ3v) is 5.97. The lowest BCUT2D eigenvalue weighted by Gasteiger charge is -2.37. The highest BCUT2D eigenvalue weighted by Gasteiger charge is 2.32. The zero-order valence-electron chi connectivity index (χ0n) is 18.3. The van der Waals surface area contributed by atoms with Gasteiger partial charge in [-0.2, -0.15) is 0 Å². The predicted octanol–water partition coefficient (Wildman–Crippen LogP) is 4.97. The van der Waals surface area contributed by atoms with E-state index >= 15 is 0 Å². The molecule has 4 nitrogen and oxygen atoms in total. The van der Waals surface area contributed by atoms with E-state index in [-0.39, 0.29) is 17.4 Å². The molecule has 1 amide bonds. The Morgan fingerprint density at radius 3 is 2.33 bits per heavy atom. The quantitative estimate of drug-likeness (QED) is 0.618. The highest BCUT2D eigenvalue weighted by Crippen LogP contribution is 2.34. The van der Waals surface area contributed by atoms with Crippen LogP contribution in [0, 0.1) is 0 Å². The van der Waals surface area contributed by atoms with Crippen LogP contribution in [-0.2, 0) is 23.2 Å². The molecule has 0 aliphatic carbocycles. The molecule has 4 rings (SSSR count). The molecule has 0 N–H and O–H groups in total. The summed E-state index contributed by atoms with van der Waals surface area (Å²) in [4.78, 5) is 15.4. The van der Waals surface area contributed by atoms with Crippen molar-refractivity contribution in [3.63, 3.8) is 0 Å². The minimum Gasteiger partial charge on any atom is -0.497 e. The Morgan fingerprint density at radius 2 is 1.70 bits per heavy atom. The Balaban J connectivity index is 1.63. The van der Waals surface area contributed by atoms with Crippen molar-refractivity contribution < 1.29 is 9.53 Å². The number of carbonyl (C=O) groups excluding carboxylic acids is 1. The summed E-state index contributed by atoms with van der Waals surface area (Å²) in [6.07, 6.45) is 2.50. The zero-order valence-corrected chi connectivity index (χ0v) is 18.3. The number of amides is 1. The number of hydrogen-bond acceptors (Lipinski definition) is 2. The molecular formula is C26H30N2O2. The van der Waals surface area contributed by atoms with E-state index in [1.165, 1.54) is 11.3 Å². The number of fused-ring (bicyclic) bond motifs is 1. The van der Waals surface area contributed by atoms with Crippen molar-refractivity contribution in [1.82, 2.24) is 9.47 Å². The van der Waals surface area contributed by atoms with Gasteiger partial charge in [-0.15, -0.1) is 0 Å². The van der Waals surface area contributed by atoms with Gasteiger partial charge in [0, 0.05) is 25.0 Å². The van der Waals surface area contributed by atoms with Gasteiger partial charge in [0.05, 0.1) is 19.6 Å². The third-order valence-electron chi connectivity index (χ3n) is 5.97. The van der Waals surface area contributed by atoms with E-state index in [1.54, 1.807) is 7.11 Å². The molecule has 156 valence electrons. The van der Waals surface area contributed by atoms with Crippen molar-refractivity contribution >= 4 is 5.91 Å². The maximum atomic E-state index is 13.3. The summed E-state index contributed by atoms with van der Waals surface area (Å²) in [7, 11) is 1.65. The first-order valence-electron chi connectivity index (χ1n) is 10.5. The molecule has 0 spiro atoms. The average Bonchev–Trinajstić information content (AvgIpc) is 3.22. The second kappa shape index (κ2) is 8.02. The molecule has 0 bridgehead atoms. The fraction of sp³-hybridized carbons (Fsp3) is 0.346.